The van der Waals surface area contributed by atoms with E-state index in [1.165, 1.54) is 25.9 Å². The van der Waals surface area contributed by atoms with Crippen LogP contribution in [0, 0.1) is 0 Å². The zero-order chi connectivity index (χ0) is 14.7. The van der Waals surface area contributed by atoms with Crippen LogP contribution in [0.1, 0.15) is 25.6 Å². The first-order valence-corrected chi connectivity index (χ1v) is 7.66. The van der Waals surface area contributed by atoms with E-state index in [1.54, 1.807) is 6.07 Å². The van der Waals surface area contributed by atoms with Gasteiger partial charge in [0.1, 0.15) is 5.82 Å². The molecule has 5 heteroatoms. The topological polar surface area (TPSA) is 61.0 Å². The van der Waals surface area contributed by atoms with Crippen molar-refractivity contribution in [1.82, 2.24) is 20.2 Å². The highest BCUT2D eigenvalue weighted by Gasteiger charge is 2.14. The van der Waals surface area contributed by atoms with Crippen LogP contribution in [-0.4, -0.2) is 40.5 Å². The highest BCUT2D eigenvalue weighted by atomic mass is 16.1. The number of rotatable bonds is 5. The molecular formula is C16H22N4O. The van der Waals surface area contributed by atoms with Crippen molar-refractivity contribution in [2.24, 2.45) is 0 Å². The number of likely N-dealkylation sites (tertiary alicyclic amines) is 1. The van der Waals surface area contributed by atoms with Crippen molar-refractivity contribution in [3.8, 4) is 0 Å². The summed E-state index contributed by atoms with van der Waals surface area (Å²) in [6.07, 6.45) is 2.62. The van der Waals surface area contributed by atoms with Gasteiger partial charge in [0.25, 0.3) is 5.56 Å². The normalized spacial score (nSPS) is 17.4. The lowest BCUT2D eigenvalue weighted by atomic mass is 10.2. The molecule has 2 N–H and O–H groups in total. The van der Waals surface area contributed by atoms with Gasteiger partial charge in [-0.25, -0.2) is 4.98 Å². The Bertz CT molecular complexity index is 661. The van der Waals surface area contributed by atoms with Crippen LogP contribution in [0.25, 0.3) is 10.9 Å². The number of aromatic amines is 1. The first kappa shape index (κ1) is 14.2. The molecule has 1 saturated heterocycles. The van der Waals surface area contributed by atoms with E-state index in [2.05, 4.69) is 27.1 Å². The van der Waals surface area contributed by atoms with E-state index in [0.717, 1.165) is 12.1 Å². The second kappa shape index (κ2) is 6.37. The first-order chi connectivity index (χ1) is 10.2. The number of H-pyrrole nitrogens is 1. The number of hydrogen-bond acceptors (Lipinski definition) is 4. The lowest BCUT2D eigenvalue weighted by Crippen LogP contribution is -2.38. The predicted molar refractivity (Wildman–Crippen MR) is 84.3 cm³/mol. The first-order valence-electron chi connectivity index (χ1n) is 7.66. The Morgan fingerprint density at radius 3 is 2.90 bits per heavy atom. The number of benzene rings is 1. The predicted octanol–water partition coefficient (Wildman–Crippen LogP) is 1.50. The standard InChI is InChI=1S/C16H22N4O/c1-12(11-20-8-4-5-9-20)17-10-15-18-14-7-3-2-6-13(14)16(21)19-15/h2-3,6-7,12,17H,4-5,8-11H2,1H3,(H,18,19,21). The fourth-order valence-electron chi connectivity index (χ4n) is 2.91. The van der Waals surface area contributed by atoms with Crippen LogP contribution >= 0.6 is 0 Å². The third-order valence-electron chi connectivity index (χ3n) is 4.01. The van der Waals surface area contributed by atoms with Crippen LogP contribution in [0.5, 0.6) is 0 Å². The molecule has 112 valence electrons. The summed E-state index contributed by atoms with van der Waals surface area (Å²) in [6.45, 7) is 6.23. The lowest BCUT2D eigenvalue weighted by molar-refractivity contribution is 0.297. The Hall–Kier alpha value is -1.72. The summed E-state index contributed by atoms with van der Waals surface area (Å²) in [7, 11) is 0. The van der Waals surface area contributed by atoms with Gasteiger partial charge in [-0.2, -0.15) is 0 Å². The van der Waals surface area contributed by atoms with Gasteiger partial charge in [0.05, 0.1) is 17.4 Å². The molecule has 1 atom stereocenters. The van der Waals surface area contributed by atoms with Crippen LogP contribution in [0.3, 0.4) is 0 Å². The number of nitrogens with one attached hydrogen (secondary N) is 2. The summed E-state index contributed by atoms with van der Waals surface area (Å²) in [5.41, 5.74) is 0.690. The molecule has 21 heavy (non-hydrogen) atoms. The molecule has 5 nitrogen and oxygen atoms in total. The summed E-state index contributed by atoms with van der Waals surface area (Å²) in [4.78, 5) is 21.8. The van der Waals surface area contributed by atoms with E-state index in [0.29, 0.717) is 23.8 Å². The smallest absolute Gasteiger partial charge is 0.258 e. The summed E-state index contributed by atoms with van der Waals surface area (Å²) in [5.74, 6) is 0.701. The molecule has 2 heterocycles. The molecule has 0 bridgehead atoms. The Morgan fingerprint density at radius 2 is 2.10 bits per heavy atom. The second-order valence-corrected chi connectivity index (χ2v) is 5.82. The van der Waals surface area contributed by atoms with Crippen LogP contribution in [-0.2, 0) is 6.54 Å². The average Bonchev–Trinajstić information content (AvgIpc) is 2.98. The molecule has 0 spiro atoms. The zero-order valence-corrected chi connectivity index (χ0v) is 12.4. The minimum absolute atomic E-state index is 0.0652. The van der Waals surface area contributed by atoms with Gasteiger partial charge < -0.3 is 15.2 Å². The van der Waals surface area contributed by atoms with Gasteiger partial charge >= 0.3 is 0 Å². The number of aromatic nitrogens is 2. The van der Waals surface area contributed by atoms with Gasteiger partial charge in [-0.3, -0.25) is 4.79 Å². The minimum Gasteiger partial charge on any atom is -0.309 e. The quantitative estimate of drug-likeness (QED) is 0.874. The van der Waals surface area contributed by atoms with Crippen molar-refractivity contribution < 1.29 is 0 Å². The largest absolute Gasteiger partial charge is 0.309 e. The SMILES string of the molecule is CC(CN1CCCC1)NCc1nc2ccccc2c(=O)[nH]1. The van der Waals surface area contributed by atoms with Gasteiger partial charge in [-0.15, -0.1) is 0 Å². The summed E-state index contributed by atoms with van der Waals surface area (Å²) >= 11 is 0. The molecule has 0 radical (unpaired) electrons. The van der Waals surface area contributed by atoms with Crippen LogP contribution in [0.2, 0.25) is 0 Å². The van der Waals surface area contributed by atoms with Gasteiger partial charge in [0.15, 0.2) is 0 Å². The Balaban J connectivity index is 1.63. The molecule has 0 aliphatic carbocycles. The molecule has 1 aromatic carbocycles. The Kier molecular flexibility index (Phi) is 4.31. The van der Waals surface area contributed by atoms with Crippen molar-refractivity contribution >= 4 is 10.9 Å². The molecule has 1 aliphatic heterocycles. The van der Waals surface area contributed by atoms with E-state index in [4.69, 9.17) is 0 Å². The monoisotopic (exact) mass is 286 g/mol. The summed E-state index contributed by atoms with van der Waals surface area (Å²) < 4.78 is 0. The zero-order valence-electron chi connectivity index (χ0n) is 12.4. The highest BCUT2D eigenvalue weighted by molar-refractivity contribution is 5.77. The van der Waals surface area contributed by atoms with E-state index in [-0.39, 0.29) is 5.56 Å². The van der Waals surface area contributed by atoms with Gasteiger partial charge in [0, 0.05) is 12.6 Å². The second-order valence-electron chi connectivity index (χ2n) is 5.82. The van der Waals surface area contributed by atoms with Gasteiger partial charge in [0.2, 0.25) is 0 Å². The molecule has 1 aromatic heterocycles. The van der Waals surface area contributed by atoms with Gasteiger partial charge in [-0.05, 0) is 45.0 Å². The minimum atomic E-state index is -0.0652. The van der Waals surface area contributed by atoms with E-state index in [1.807, 2.05) is 18.2 Å². The lowest BCUT2D eigenvalue weighted by Gasteiger charge is -2.21. The molecular weight excluding hydrogens is 264 g/mol. The molecule has 3 rings (SSSR count). The molecule has 0 saturated carbocycles. The van der Waals surface area contributed by atoms with Gasteiger partial charge in [-0.1, -0.05) is 12.1 Å². The number of hydrogen-bond donors (Lipinski definition) is 2. The van der Waals surface area contributed by atoms with Crippen molar-refractivity contribution in [3.63, 3.8) is 0 Å². The molecule has 0 amide bonds. The maximum absolute atomic E-state index is 12.0. The number of nitrogens with zero attached hydrogens (tertiary/aromatic N) is 2. The van der Waals surface area contributed by atoms with Crippen LogP contribution in [0.4, 0.5) is 0 Å². The van der Waals surface area contributed by atoms with E-state index in [9.17, 15) is 4.79 Å². The molecule has 1 aliphatic rings. The van der Waals surface area contributed by atoms with E-state index < -0.39 is 0 Å². The maximum Gasteiger partial charge on any atom is 0.258 e. The van der Waals surface area contributed by atoms with Crippen molar-refractivity contribution in [2.75, 3.05) is 19.6 Å². The summed E-state index contributed by atoms with van der Waals surface area (Å²) in [5, 5.41) is 4.09. The molecule has 2 aromatic rings. The average molecular weight is 286 g/mol. The highest BCUT2D eigenvalue weighted by Crippen LogP contribution is 2.08. The summed E-state index contributed by atoms with van der Waals surface area (Å²) in [6, 6.07) is 7.83. The number of fused-ring (bicyclic) bond motifs is 1. The maximum atomic E-state index is 12.0. The Morgan fingerprint density at radius 1 is 1.33 bits per heavy atom. The third kappa shape index (κ3) is 3.49. The van der Waals surface area contributed by atoms with E-state index >= 15 is 0 Å². The van der Waals surface area contributed by atoms with Crippen LogP contribution < -0.4 is 10.9 Å². The van der Waals surface area contributed by atoms with Crippen LogP contribution in [0.15, 0.2) is 29.1 Å². The number of para-hydroxylation sites is 1. The fourth-order valence-corrected chi connectivity index (χ4v) is 2.91. The molecule has 1 fully saturated rings. The van der Waals surface area contributed by atoms with Crippen molar-refractivity contribution in [3.05, 3.63) is 40.4 Å². The van der Waals surface area contributed by atoms with Crippen molar-refractivity contribution in [2.45, 2.75) is 32.4 Å². The molecule has 1 unspecified atom stereocenters. The third-order valence-corrected chi connectivity index (χ3v) is 4.01. The van der Waals surface area contributed by atoms with Crippen molar-refractivity contribution in [1.29, 1.82) is 0 Å². The Labute approximate surface area is 124 Å². The fraction of sp³-hybridized carbons (Fsp3) is 0.500.